The van der Waals surface area contributed by atoms with Gasteiger partial charge in [-0.2, -0.15) is 0 Å². The Morgan fingerprint density at radius 3 is 1.42 bits per heavy atom. The monoisotopic (exact) mass is 406 g/mol. The molecule has 0 bridgehead atoms. The summed E-state index contributed by atoms with van der Waals surface area (Å²) >= 11 is 11.2. The average Bonchev–Trinajstić information content (AvgIpc) is 2.53. The van der Waals surface area contributed by atoms with Crippen molar-refractivity contribution in [3.05, 3.63) is 0 Å². The maximum absolute atomic E-state index is 11.8. The highest BCUT2D eigenvalue weighted by Crippen LogP contribution is 2.33. The van der Waals surface area contributed by atoms with E-state index in [0.29, 0.717) is 24.2 Å². The lowest BCUT2D eigenvalue weighted by molar-refractivity contribution is -0.119. The molecule has 0 fully saturated rings. The molecule has 0 aliphatic carbocycles. The van der Waals surface area contributed by atoms with Crippen LogP contribution < -0.4 is 0 Å². The summed E-state index contributed by atoms with van der Waals surface area (Å²) in [6.07, 6.45) is 13.8. The Kier molecular flexibility index (Phi) is 15.9. The first-order chi connectivity index (χ1) is 12.3. The second-order valence-corrected chi connectivity index (χ2v) is 9.21. The van der Waals surface area contributed by atoms with Crippen LogP contribution in [0, 0.1) is 23.7 Å². The normalized spacial score (nSPS) is 14.0. The van der Waals surface area contributed by atoms with Crippen molar-refractivity contribution < 1.29 is 9.59 Å². The van der Waals surface area contributed by atoms with E-state index in [2.05, 4.69) is 27.7 Å². The SMILES string of the molecule is CC(C)C(CCCCCCCCCCCCC(=O)Cl)C(C(=O)Cl)C(C)C. The summed E-state index contributed by atoms with van der Waals surface area (Å²) in [4.78, 5) is 22.4. The van der Waals surface area contributed by atoms with Crippen LogP contribution in [0.3, 0.4) is 0 Å². The largest absolute Gasteiger partial charge is 0.281 e. The zero-order valence-corrected chi connectivity index (χ0v) is 18.9. The number of halogens is 2. The first-order valence-electron chi connectivity index (χ1n) is 10.6. The van der Waals surface area contributed by atoms with E-state index in [9.17, 15) is 9.59 Å². The molecule has 0 saturated heterocycles. The molecule has 0 aromatic carbocycles. The van der Waals surface area contributed by atoms with Gasteiger partial charge in [0.25, 0.3) is 0 Å². The lowest BCUT2D eigenvalue weighted by atomic mass is 9.75. The zero-order valence-electron chi connectivity index (χ0n) is 17.4. The van der Waals surface area contributed by atoms with Crippen LogP contribution in [-0.2, 0) is 9.59 Å². The fourth-order valence-electron chi connectivity index (χ4n) is 3.91. The third-order valence-electron chi connectivity index (χ3n) is 5.46. The third-order valence-corrected chi connectivity index (χ3v) is 5.90. The molecule has 2 atom stereocenters. The predicted molar refractivity (Wildman–Crippen MR) is 114 cm³/mol. The maximum atomic E-state index is 11.8. The van der Waals surface area contributed by atoms with Gasteiger partial charge in [0.15, 0.2) is 0 Å². The van der Waals surface area contributed by atoms with Crippen LogP contribution in [0.5, 0.6) is 0 Å². The summed E-state index contributed by atoms with van der Waals surface area (Å²) < 4.78 is 0. The van der Waals surface area contributed by atoms with E-state index in [4.69, 9.17) is 23.2 Å². The molecule has 0 aromatic rings. The number of carbonyl (C=O) groups is 2. The Labute approximate surface area is 171 Å². The molecule has 0 aliphatic heterocycles. The Morgan fingerprint density at radius 1 is 0.654 bits per heavy atom. The molecule has 4 heteroatoms. The van der Waals surface area contributed by atoms with E-state index in [0.717, 1.165) is 19.3 Å². The van der Waals surface area contributed by atoms with Gasteiger partial charge in [-0.05, 0) is 53.8 Å². The number of hydrogen-bond donors (Lipinski definition) is 0. The first-order valence-corrected chi connectivity index (χ1v) is 11.4. The van der Waals surface area contributed by atoms with Crippen LogP contribution in [0.4, 0.5) is 0 Å². The Balaban J connectivity index is 3.74. The van der Waals surface area contributed by atoms with Gasteiger partial charge in [0.05, 0.1) is 0 Å². The van der Waals surface area contributed by atoms with E-state index in [1.54, 1.807) is 0 Å². The standard InChI is InChI=1S/C22H40Cl2O2/c1-17(2)19(21(18(3)4)22(24)26)15-13-11-9-7-5-6-8-10-12-14-16-20(23)25/h17-19,21H,5-16H2,1-4H3. The highest BCUT2D eigenvalue weighted by molar-refractivity contribution is 6.64. The molecule has 2 unspecified atom stereocenters. The lowest BCUT2D eigenvalue weighted by Gasteiger charge is -2.30. The summed E-state index contributed by atoms with van der Waals surface area (Å²) in [5.74, 6) is 1.21. The molecule has 26 heavy (non-hydrogen) atoms. The third kappa shape index (κ3) is 13.1. The van der Waals surface area contributed by atoms with Gasteiger partial charge >= 0.3 is 0 Å². The van der Waals surface area contributed by atoms with Crippen LogP contribution in [0.25, 0.3) is 0 Å². The lowest BCUT2D eigenvalue weighted by Crippen LogP contribution is -2.29. The fraction of sp³-hybridized carbons (Fsp3) is 0.909. The minimum absolute atomic E-state index is 0.00855. The van der Waals surface area contributed by atoms with Gasteiger partial charge < -0.3 is 0 Å². The second-order valence-electron chi connectivity index (χ2n) is 8.41. The van der Waals surface area contributed by atoms with Crippen molar-refractivity contribution in [2.75, 3.05) is 0 Å². The van der Waals surface area contributed by atoms with Crippen molar-refractivity contribution in [1.82, 2.24) is 0 Å². The number of hydrogen-bond acceptors (Lipinski definition) is 2. The van der Waals surface area contributed by atoms with Crippen molar-refractivity contribution in [3.63, 3.8) is 0 Å². The molecule has 2 nitrogen and oxygen atoms in total. The minimum Gasteiger partial charge on any atom is -0.281 e. The van der Waals surface area contributed by atoms with Gasteiger partial charge in [0, 0.05) is 12.3 Å². The maximum Gasteiger partial charge on any atom is 0.225 e. The summed E-state index contributed by atoms with van der Waals surface area (Å²) in [6, 6.07) is 0. The van der Waals surface area contributed by atoms with E-state index < -0.39 is 0 Å². The van der Waals surface area contributed by atoms with Crippen LogP contribution in [0.2, 0.25) is 0 Å². The first kappa shape index (κ1) is 25.9. The van der Waals surface area contributed by atoms with Gasteiger partial charge in [0.2, 0.25) is 10.5 Å². The molecule has 0 spiro atoms. The van der Waals surface area contributed by atoms with Crippen molar-refractivity contribution in [3.8, 4) is 0 Å². The van der Waals surface area contributed by atoms with E-state index in [-0.39, 0.29) is 16.4 Å². The Bertz CT molecular complexity index is 380. The zero-order chi connectivity index (χ0) is 19.9. The number of rotatable bonds is 17. The van der Waals surface area contributed by atoms with Crippen LogP contribution in [-0.4, -0.2) is 10.5 Å². The molecule has 0 N–H and O–H groups in total. The second kappa shape index (κ2) is 15.9. The van der Waals surface area contributed by atoms with E-state index in [1.807, 2.05) is 0 Å². The van der Waals surface area contributed by atoms with E-state index in [1.165, 1.54) is 51.4 Å². The average molecular weight is 407 g/mol. The summed E-state index contributed by atoms with van der Waals surface area (Å²) in [5.41, 5.74) is 0. The van der Waals surface area contributed by atoms with Crippen LogP contribution in [0.15, 0.2) is 0 Å². The smallest absolute Gasteiger partial charge is 0.225 e. The minimum atomic E-state index is -0.208. The quantitative estimate of drug-likeness (QED) is 0.182. The van der Waals surface area contributed by atoms with Gasteiger partial charge in [-0.15, -0.1) is 0 Å². The van der Waals surface area contributed by atoms with Crippen molar-refractivity contribution in [2.24, 2.45) is 23.7 Å². The molecule has 0 heterocycles. The number of carbonyl (C=O) groups excluding carboxylic acids is 2. The molecule has 0 rings (SSSR count). The molecule has 0 aromatic heterocycles. The molecule has 0 amide bonds. The molecule has 154 valence electrons. The van der Waals surface area contributed by atoms with Crippen LogP contribution in [0.1, 0.15) is 105 Å². The van der Waals surface area contributed by atoms with E-state index >= 15 is 0 Å². The molecule has 0 saturated carbocycles. The van der Waals surface area contributed by atoms with Gasteiger partial charge in [-0.3, -0.25) is 9.59 Å². The van der Waals surface area contributed by atoms with Crippen LogP contribution >= 0.6 is 23.2 Å². The highest BCUT2D eigenvalue weighted by Gasteiger charge is 2.31. The van der Waals surface area contributed by atoms with Crippen molar-refractivity contribution >= 4 is 33.7 Å². The summed E-state index contributed by atoms with van der Waals surface area (Å²) in [6.45, 7) is 8.63. The van der Waals surface area contributed by atoms with Crippen molar-refractivity contribution in [2.45, 2.75) is 105 Å². The molecular weight excluding hydrogens is 367 g/mol. The predicted octanol–water partition coefficient (Wildman–Crippen LogP) is 7.74. The summed E-state index contributed by atoms with van der Waals surface area (Å²) in [5, 5.41) is -0.367. The Hall–Kier alpha value is -0.0800. The highest BCUT2D eigenvalue weighted by atomic mass is 35.5. The Morgan fingerprint density at radius 2 is 1.08 bits per heavy atom. The topological polar surface area (TPSA) is 34.1 Å². The molecular formula is C22H40Cl2O2. The summed E-state index contributed by atoms with van der Waals surface area (Å²) in [7, 11) is 0. The number of unbranched alkanes of at least 4 members (excludes halogenated alkanes) is 9. The van der Waals surface area contributed by atoms with Gasteiger partial charge in [0.1, 0.15) is 0 Å². The van der Waals surface area contributed by atoms with Gasteiger partial charge in [-0.1, -0.05) is 85.5 Å². The molecule has 0 radical (unpaired) electrons. The fourth-order valence-corrected chi connectivity index (χ4v) is 4.46. The van der Waals surface area contributed by atoms with Gasteiger partial charge in [-0.25, -0.2) is 0 Å². The molecule has 0 aliphatic rings. The van der Waals surface area contributed by atoms with Crippen molar-refractivity contribution in [1.29, 1.82) is 0 Å².